The Balaban J connectivity index is 1.98. The molecule has 3 rings (SSSR count). The van der Waals surface area contributed by atoms with E-state index in [0.29, 0.717) is 5.69 Å². The van der Waals surface area contributed by atoms with E-state index in [1.165, 1.54) is 12.1 Å². The number of ether oxygens (including phenoxy) is 1. The van der Waals surface area contributed by atoms with Gasteiger partial charge in [0.2, 0.25) is 0 Å². The van der Waals surface area contributed by atoms with Gasteiger partial charge in [-0.15, -0.1) is 0 Å². The fourth-order valence-corrected chi connectivity index (χ4v) is 3.66. The molecule has 0 saturated carbocycles. The van der Waals surface area contributed by atoms with Gasteiger partial charge in [-0.2, -0.15) is 0 Å². The molecule has 1 unspecified atom stereocenters. The molecule has 0 aromatic heterocycles. The highest BCUT2D eigenvalue weighted by atomic mass is 35.5. The predicted molar refractivity (Wildman–Crippen MR) is 117 cm³/mol. The summed E-state index contributed by atoms with van der Waals surface area (Å²) in [5.74, 6) is -0.398. The fraction of sp³-hybridized carbons (Fsp3) is 0.364. The topological polar surface area (TPSA) is 93.0 Å². The van der Waals surface area contributed by atoms with Gasteiger partial charge in [-0.1, -0.05) is 29.8 Å². The highest BCUT2D eigenvalue weighted by molar-refractivity contribution is 6.34. The number of amides is 2. The second-order valence-electron chi connectivity index (χ2n) is 8.42. The molecule has 31 heavy (non-hydrogen) atoms. The third-order valence-electron chi connectivity index (χ3n) is 4.87. The van der Waals surface area contributed by atoms with Gasteiger partial charge in [-0.05, 0) is 45.4 Å². The third kappa shape index (κ3) is 4.96. The lowest BCUT2D eigenvalue weighted by atomic mass is 10.1. The summed E-state index contributed by atoms with van der Waals surface area (Å²) in [5, 5.41) is 11.0. The number of carbonyl (C=O) groups is 2. The Morgan fingerprint density at radius 1 is 1.19 bits per heavy atom. The van der Waals surface area contributed by atoms with Crippen LogP contribution in [0.15, 0.2) is 42.5 Å². The van der Waals surface area contributed by atoms with E-state index in [1.54, 1.807) is 36.6 Å². The first-order valence-electron chi connectivity index (χ1n) is 9.81. The average molecular weight is 446 g/mol. The quantitative estimate of drug-likeness (QED) is 0.477. The van der Waals surface area contributed by atoms with Gasteiger partial charge in [0, 0.05) is 24.4 Å². The SMILES string of the molecule is CC1CN(C(=O)c2ccc([N+](=O)[O-])cc2Cl)c2ccccc2CN1C(=O)OC(C)(C)C. The van der Waals surface area contributed by atoms with E-state index >= 15 is 0 Å². The van der Waals surface area contributed by atoms with Crippen LogP contribution >= 0.6 is 11.6 Å². The fourth-order valence-electron chi connectivity index (χ4n) is 3.40. The van der Waals surface area contributed by atoms with Crippen LogP contribution in [0.25, 0.3) is 0 Å². The second-order valence-corrected chi connectivity index (χ2v) is 8.83. The molecular weight excluding hydrogens is 422 g/mol. The molecule has 1 aliphatic heterocycles. The van der Waals surface area contributed by atoms with Crippen LogP contribution in [0.4, 0.5) is 16.2 Å². The lowest BCUT2D eigenvalue weighted by Gasteiger charge is -2.31. The molecule has 8 nitrogen and oxygen atoms in total. The molecule has 0 saturated heterocycles. The van der Waals surface area contributed by atoms with E-state index < -0.39 is 22.5 Å². The van der Waals surface area contributed by atoms with Gasteiger partial charge in [0.1, 0.15) is 5.60 Å². The van der Waals surface area contributed by atoms with Gasteiger partial charge >= 0.3 is 6.09 Å². The van der Waals surface area contributed by atoms with Crippen LogP contribution in [0.5, 0.6) is 0 Å². The van der Waals surface area contributed by atoms with Crippen molar-refractivity contribution >= 4 is 35.0 Å². The van der Waals surface area contributed by atoms with Gasteiger partial charge < -0.3 is 9.64 Å². The minimum Gasteiger partial charge on any atom is -0.444 e. The van der Waals surface area contributed by atoms with Crippen LogP contribution < -0.4 is 4.90 Å². The smallest absolute Gasteiger partial charge is 0.410 e. The van der Waals surface area contributed by atoms with Crippen LogP contribution in [0.2, 0.25) is 5.02 Å². The molecule has 0 aliphatic carbocycles. The number of fused-ring (bicyclic) bond motifs is 1. The van der Waals surface area contributed by atoms with E-state index in [1.807, 2.05) is 25.1 Å². The lowest BCUT2D eigenvalue weighted by molar-refractivity contribution is -0.384. The number of para-hydroxylation sites is 1. The van der Waals surface area contributed by atoms with E-state index in [0.717, 1.165) is 11.6 Å². The number of hydrogen-bond acceptors (Lipinski definition) is 5. The number of hydrogen-bond donors (Lipinski definition) is 0. The monoisotopic (exact) mass is 445 g/mol. The minimum atomic E-state index is -0.648. The largest absolute Gasteiger partial charge is 0.444 e. The molecule has 2 aromatic rings. The van der Waals surface area contributed by atoms with Crippen LogP contribution in [-0.2, 0) is 11.3 Å². The van der Waals surface area contributed by atoms with Crippen molar-refractivity contribution in [1.82, 2.24) is 4.90 Å². The second kappa shape index (κ2) is 8.55. The molecule has 0 spiro atoms. The Labute approximate surface area is 185 Å². The number of halogens is 1. The summed E-state index contributed by atoms with van der Waals surface area (Å²) in [6.45, 7) is 7.73. The standard InChI is InChI=1S/C22H24ClN3O5/c1-14-12-25(20(27)17-10-9-16(26(29)30)11-18(17)23)19-8-6-5-7-15(19)13-24(14)21(28)31-22(2,3)4/h5-11,14H,12-13H2,1-4H3. The maximum absolute atomic E-state index is 13.4. The highest BCUT2D eigenvalue weighted by Crippen LogP contribution is 2.31. The zero-order valence-corrected chi connectivity index (χ0v) is 18.5. The number of benzene rings is 2. The van der Waals surface area contributed by atoms with E-state index in [9.17, 15) is 19.7 Å². The molecule has 1 heterocycles. The van der Waals surface area contributed by atoms with Gasteiger partial charge in [-0.3, -0.25) is 19.8 Å². The molecule has 9 heteroatoms. The Bertz CT molecular complexity index is 1030. The number of carbonyl (C=O) groups excluding carboxylic acids is 2. The van der Waals surface area contributed by atoms with Gasteiger partial charge in [0.25, 0.3) is 11.6 Å². The first-order chi connectivity index (χ1) is 14.5. The van der Waals surface area contributed by atoms with Crippen LogP contribution in [0, 0.1) is 10.1 Å². The number of rotatable bonds is 2. The summed E-state index contributed by atoms with van der Waals surface area (Å²) in [4.78, 5) is 39.8. The predicted octanol–water partition coefficient (Wildman–Crippen LogP) is 5.03. The van der Waals surface area contributed by atoms with Crippen molar-refractivity contribution in [1.29, 1.82) is 0 Å². The first kappa shape index (κ1) is 22.6. The third-order valence-corrected chi connectivity index (χ3v) is 5.18. The zero-order valence-electron chi connectivity index (χ0n) is 17.8. The molecule has 0 fully saturated rings. The number of nitro groups is 1. The number of nitrogens with zero attached hydrogens (tertiary/aromatic N) is 3. The van der Waals surface area contributed by atoms with E-state index in [2.05, 4.69) is 0 Å². The summed E-state index contributed by atoms with van der Waals surface area (Å²) in [6, 6.07) is 10.7. The summed E-state index contributed by atoms with van der Waals surface area (Å²) >= 11 is 6.21. The molecule has 1 atom stereocenters. The molecular formula is C22H24ClN3O5. The summed E-state index contributed by atoms with van der Waals surface area (Å²) in [5.41, 5.74) is 0.746. The summed E-state index contributed by atoms with van der Waals surface area (Å²) < 4.78 is 5.55. The van der Waals surface area contributed by atoms with Crippen molar-refractivity contribution < 1.29 is 19.2 Å². The molecule has 0 bridgehead atoms. The van der Waals surface area contributed by atoms with Crippen molar-refractivity contribution in [3.63, 3.8) is 0 Å². The zero-order chi connectivity index (χ0) is 22.9. The Hall–Kier alpha value is -3.13. The Morgan fingerprint density at radius 3 is 2.48 bits per heavy atom. The minimum absolute atomic E-state index is 0.00224. The summed E-state index contributed by atoms with van der Waals surface area (Å²) in [6.07, 6.45) is -0.461. The maximum atomic E-state index is 13.4. The van der Waals surface area contributed by atoms with Crippen LogP contribution in [-0.4, -0.2) is 40.0 Å². The van der Waals surface area contributed by atoms with E-state index in [-0.39, 0.29) is 35.4 Å². The van der Waals surface area contributed by atoms with Crippen molar-refractivity contribution in [2.45, 2.75) is 45.9 Å². The van der Waals surface area contributed by atoms with Crippen molar-refractivity contribution in [2.24, 2.45) is 0 Å². The Morgan fingerprint density at radius 2 is 1.87 bits per heavy atom. The molecule has 164 valence electrons. The molecule has 0 N–H and O–H groups in total. The summed E-state index contributed by atoms with van der Waals surface area (Å²) in [7, 11) is 0. The first-order valence-corrected chi connectivity index (χ1v) is 10.2. The normalized spacial score (nSPS) is 16.4. The Kier molecular flexibility index (Phi) is 6.22. The molecule has 2 amide bonds. The van der Waals surface area contributed by atoms with Gasteiger partial charge in [0.15, 0.2) is 0 Å². The number of anilines is 1. The molecule has 2 aromatic carbocycles. The number of non-ortho nitro benzene ring substituents is 1. The lowest BCUT2D eigenvalue weighted by Crippen LogP contribution is -2.46. The maximum Gasteiger partial charge on any atom is 0.410 e. The average Bonchev–Trinajstić information content (AvgIpc) is 2.83. The van der Waals surface area contributed by atoms with Crippen LogP contribution in [0.3, 0.4) is 0 Å². The van der Waals surface area contributed by atoms with Crippen LogP contribution in [0.1, 0.15) is 43.6 Å². The van der Waals surface area contributed by atoms with E-state index in [4.69, 9.17) is 16.3 Å². The molecule has 1 aliphatic rings. The van der Waals surface area contributed by atoms with Crippen molar-refractivity contribution in [2.75, 3.05) is 11.4 Å². The van der Waals surface area contributed by atoms with Gasteiger partial charge in [0.05, 0.1) is 28.1 Å². The molecule has 0 radical (unpaired) electrons. The van der Waals surface area contributed by atoms with Gasteiger partial charge in [-0.25, -0.2) is 4.79 Å². The van der Waals surface area contributed by atoms with Crippen molar-refractivity contribution in [3.05, 3.63) is 68.7 Å². The number of nitro benzene ring substituents is 1. The highest BCUT2D eigenvalue weighted by Gasteiger charge is 2.34. The van der Waals surface area contributed by atoms with Crippen molar-refractivity contribution in [3.8, 4) is 0 Å².